The van der Waals surface area contributed by atoms with Gasteiger partial charge in [0.2, 0.25) is 0 Å². The van der Waals surface area contributed by atoms with Crippen molar-refractivity contribution in [1.29, 1.82) is 0 Å². The lowest BCUT2D eigenvalue weighted by molar-refractivity contribution is -0.139. The minimum atomic E-state index is -4.18. The molecule has 0 aliphatic rings. The summed E-state index contributed by atoms with van der Waals surface area (Å²) in [7, 11) is -4.74. The maximum atomic E-state index is 13.1. The fourth-order valence-electron chi connectivity index (χ4n) is 3.60. The Labute approximate surface area is 190 Å². The van der Waals surface area contributed by atoms with Crippen LogP contribution in [0.15, 0.2) is 12.2 Å². The number of unbranched alkanes of at least 4 members (excludes halogenated alkanes) is 1. The molecular formula is C23H45F3O3Si2. The lowest BCUT2D eigenvalue weighted by Gasteiger charge is -2.51. The molecule has 0 aliphatic carbocycles. The summed E-state index contributed by atoms with van der Waals surface area (Å²) in [6.45, 7) is 22.3. The number of carbonyl (C=O) groups excluding carboxylic acids is 1. The summed E-state index contributed by atoms with van der Waals surface area (Å²) in [5.74, 6) is -0.389. The number of hydrogen-bond acceptors (Lipinski definition) is 3. The number of rotatable bonds is 14. The molecule has 0 radical (unpaired) electrons. The third-order valence-electron chi connectivity index (χ3n) is 7.11. The van der Waals surface area contributed by atoms with E-state index in [1.54, 1.807) is 6.92 Å². The first-order valence-corrected chi connectivity index (χ1v) is 17.2. The van der Waals surface area contributed by atoms with Crippen molar-refractivity contribution in [2.75, 3.05) is 6.61 Å². The quantitative estimate of drug-likeness (QED) is 0.109. The molecule has 0 amide bonds. The molecule has 0 saturated carbocycles. The van der Waals surface area contributed by atoms with Crippen LogP contribution in [-0.4, -0.2) is 40.4 Å². The van der Waals surface area contributed by atoms with Gasteiger partial charge in [-0.05, 0) is 51.2 Å². The second kappa shape index (κ2) is 11.5. The molecule has 31 heavy (non-hydrogen) atoms. The molecule has 0 aromatic rings. The van der Waals surface area contributed by atoms with Crippen molar-refractivity contribution in [3.8, 4) is 0 Å². The van der Waals surface area contributed by atoms with Gasteiger partial charge in [-0.3, -0.25) is 0 Å². The predicted octanol–water partition coefficient (Wildman–Crippen LogP) is 8.04. The van der Waals surface area contributed by atoms with Gasteiger partial charge in [-0.1, -0.05) is 59.3 Å². The van der Waals surface area contributed by atoms with Crippen LogP contribution >= 0.6 is 0 Å². The Bertz CT molecular complexity index is 601. The Hall–Kier alpha value is -0.606. The zero-order valence-corrected chi connectivity index (χ0v) is 23.2. The van der Waals surface area contributed by atoms with Crippen molar-refractivity contribution in [3.63, 3.8) is 0 Å². The fraction of sp³-hybridized carbons (Fsp3) is 0.870. The van der Waals surface area contributed by atoms with Gasteiger partial charge in [0.15, 0.2) is 8.32 Å². The molecule has 0 saturated heterocycles. The van der Waals surface area contributed by atoms with Crippen molar-refractivity contribution in [2.45, 2.75) is 122 Å². The summed E-state index contributed by atoms with van der Waals surface area (Å²) >= 11 is 0. The Morgan fingerprint density at radius 1 is 0.968 bits per heavy atom. The fourth-order valence-corrected chi connectivity index (χ4v) is 10.7. The van der Waals surface area contributed by atoms with Gasteiger partial charge in [-0.25, -0.2) is 4.79 Å². The number of alkyl halides is 3. The van der Waals surface area contributed by atoms with E-state index in [-0.39, 0.29) is 17.1 Å². The molecule has 0 N–H and O–H groups in total. The van der Waals surface area contributed by atoms with Gasteiger partial charge in [0, 0.05) is 17.2 Å². The maximum absolute atomic E-state index is 13.1. The highest BCUT2D eigenvalue weighted by Crippen LogP contribution is 2.49. The smallest absolute Gasteiger partial charge is 0.388 e. The molecule has 0 aliphatic heterocycles. The Balaban J connectivity index is 5.46. The van der Waals surface area contributed by atoms with Gasteiger partial charge < -0.3 is 9.16 Å². The molecule has 0 heterocycles. The first-order chi connectivity index (χ1) is 13.8. The van der Waals surface area contributed by atoms with Crippen LogP contribution in [0.25, 0.3) is 0 Å². The van der Waals surface area contributed by atoms with Gasteiger partial charge in [-0.15, -0.1) is 0 Å². The molecule has 0 rings (SSSR count). The van der Waals surface area contributed by atoms with Crippen LogP contribution in [0.1, 0.15) is 73.6 Å². The third-order valence-corrected chi connectivity index (χ3v) is 17.6. The van der Waals surface area contributed by atoms with Crippen LogP contribution in [0.4, 0.5) is 13.2 Å². The minimum Gasteiger partial charge on any atom is -0.462 e. The van der Waals surface area contributed by atoms with E-state index in [2.05, 4.69) is 40.4 Å². The van der Waals surface area contributed by atoms with E-state index in [9.17, 15) is 18.0 Å². The molecule has 0 fully saturated rings. The number of esters is 1. The highest BCUT2D eigenvalue weighted by Gasteiger charge is 2.52. The molecule has 3 nitrogen and oxygen atoms in total. The average Bonchev–Trinajstić information content (AvgIpc) is 2.60. The summed E-state index contributed by atoms with van der Waals surface area (Å²) in [5, 5.41) is -0.742. The highest BCUT2D eigenvalue weighted by molar-refractivity contribution is 6.82. The van der Waals surface area contributed by atoms with E-state index in [0.29, 0.717) is 18.6 Å². The molecule has 1 unspecified atom stereocenters. The molecule has 1 atom stereocenters. The molecule has 0 aromatic carbocycles. The summed E-state index contributed by atoms with van der Waals surface area (Å²) in [6, 6.07) is 0.944. The SMILES string of the molecule is C=C(C)C(=O)OCCC[Si](C)(C)C(C)(C)O[Si](C)(CCC(F)(F)F)C(C)(C)CCCC. The normalized spacial score (nSPS) is 15.5. The van der Waals surface area contributed by atoms with Crippen molar-refractivity contribution >= 4 is 22.4 Å². The molecule has 184 valence electrons. The summed E-state index contributed by atoms with van der Waals surface area (Å²) in [4.78, 5) is 11.6. The van der Waals surface area contributed by atoms with Crippen molar-refractivity contribution in [2.24, 2.45) is 0 Å². The second-order valence-corrected chi connectivity index (χ2v) is 20.8. The zero-order valence-electron chi connectivity index (χ0n) is 21.2. The predicted molar refractivity (Wildman–Crippen MR) is 129 cm³/mol. The van der Waals surface area contributed by atoms with E-state index >= 15 is 0 Å². The standard InChI is InChI=1S/C23H45F3O3Si2/c1-11-12-14-21(4,5)31(10,18-15-23(24,25)26)29-22(6,7)30(8,9)17-13-16-28-20(27)19(2)3/h2,11-18H2,1,3-10H3. The lowest BCUT2D eigenvalue weighted by atomic mass is 10.1. The van der Waals surface area contributed by atoms with E-state index < -0.39 is 34.2 Å². The van der Waals surface area contributed by atoms with Crippen LogP contribution in [0, 0.1) is 0 Å². The first kappa shape index (κ1) is 30.4. The van der Waals surface area contributed by atoms with E-state index in [1.807, 2.05) is 20.4 Å². The molecule has 0 aromatic heterocycles. The topological polar surface area (TPSA) is 35.5 Å². The number of halogens is 3. The number of carbonyl (C=O) groups is 1. The number of hydrogen-bond donors (Lipinski definition) is 0. The molecule has 8 heteroatoms. The summed E-state index contributed by atoms with van der Waals surface area (Å²) < 4.78 is 51.5. The van der Waals surface area contributed by atoms with Gasteiger partial charge in [0.1, 0.15) is 0 Å². The van der Waals surface area contributed by atoms with E-state index in [4.69, 9.17) is 9.16 Å². The van der Waals surface area contributed by atoms with E-state index in [0.717, 1.165) is 25.3 Å². The van der Waals surface area contributed by atoms with Crippen molar-refractivity contribution in [1.82, 2.24) is 0 Å². The molecule has 0 spiro atoms. The second-order valence-electron chi connectivity index (χ2n) is 10.8. The van der Waals surface area contributed by atoms with Crippen molar-refractivity contribution in [3.05, 3.63) is 12.2 Å². The number of ether oxygens (including phenoxy) is 1. The zero-order chi connectivity index (χ0) is 24.7. The Morgan fingerprint density at radius 2 is 1.52 bits per heavy atom. The van der Waals surface area contributed by atoms with Gasteiger partial charge in [-0.2, -0.15) is 13.2 Å². The third kappa shape index (κ3) is 9.82. The highest BCUT2D eigenvalue weighted by atomic mass is 28.4. The summed E-state index contributed by atoms with van der Waals surface area (Å²) in [5.41, 5.74) is 0.376. The van der Waals surface area contributed by atoms with Crippen LogP contribution in [0.5, 0.6) is 0 Å². The maximum Gasteiger partial charge on any atom is 0.388 e. The van der Waals surface area contributed by atoms with Gasteiger partial charge >= 0.3 is 12.1 Å². The van der Waals surface area contributed by atoms with Crippen LogP contribution < -0.4 is 0 Å². The minimum absolute atomic E-state index is 0.0807. The van der Waals surface area contributed by atoms with Crippen LogP contribution in [0.3, 0.4) is 0 Å². The van der Waals surface area contributed by atoms with E-state index in [1.165, 1.54) is 0 Å². The average molecular weight is 483 g/mol. The molecular weight excluding hydrogens is 437 g/mol. The Kier molecular flexibility index (Phi) is 11.3. The largest absolute Gasteiger partial charge is 0.462 e. The monoisotopic (exact) mass is 482 g/mol. The molecule has 0 bridgehead atoms. The van der Waals surface area contributed by atoms with Crippen LogP contribution in [0.2, 0.25) is 36.8 Å². The Morgan fingerprint density at radius 3 is 1.97 bits per heavy atom. The van der Waals surface area contributed by atoms with Gasteiger partial charge in [0.25, 0.3) is 0 Å². The lowest BCUT2D eigenvalue weighted by Crippen LogP contribution is -2.60. The first-order valence-electron chi connectivity index (χ1n) is 11.4. The van der Waals surface area contributed by atoms with Crippen molar-refractivity contribution < 1.29 is 27.1 Å². The summed E-state index contributed by atoms with van der Waals surface area (Å²) in [6.07, 6.45) is -1.38. The van der Waals surface area contributed by atoms with Crippen LogP contribution in [-0.2, 0) is 14.0 Å². The van der Waals surface area contributed by atoms with Gasteiger partial charge in [0.05, 0.1) is 14.7 Å².